The lowest BCUT2D eigenvalue weighted by Crippen LogP contribution is -2.65. The van der Waals surface area contributed by atoms with Gasteiger partial charge in [0, 0.05) is 5.92 Å². The molecule has 5 nitrogen and oxygen atoms in total. The van der Waals surface area contributed by atoms with Crippen molar-refractivity contribution in [3.05, 3.63) is 12.3 Å². The number of hydrogen-bond donors (Lipinski definition) is 2. The van der Waals surface area contributed by atoms with E-state index in [1.54, 1.807) is 0 Å². The summed E-state index contributed by atoms with van der Waals surface area (Å²) in [7, 11) is 0. The van der Waals surface area contributed by atoms with Gasteiger partial charge in [-0.2, -0.15) is 26.3 Å². The second-order valence-corrected chi connectivity index (χ2v) is 6.53. The summed E-state index contributed by atoms with van der Waals surface area (Å²) in [6, 6.07) is 0. The first-order valence-electron chi connectivity index (χ1n) is 8.19. The van der Waals surface area contributed by atoms with Gasteiger partial charge in [0.15, 0.2) is 5.76 Å². The van der Waals surface area contributed by atoms with Gasteiger partial charge in [0.05, 0.1) is 5.60 Å². The molecule has 0 aromatic rings. The highest BCUT2D eigenvalue weighted by atomic mass is 19.4. The molecule has 1 fully saturated rings. The summed E-state index contributed by atoms with van der Waals surface area (Å²) < 4.78 is 88.2. The van der Waals surface area contributed by atoms with E-state index in [9.17, 15) is 36.2 Å². The normalized spacial score (nSPS) is 22.3. The summed E-state index contributed by atoms with van der Waals surface area (Å²) >= 11 is 0. The van der Waals surface area contributed by atoms with Crippen molar-refractivity contribution in [3.8, 4) is 0 Å². The maximum absolute atomic E-state index is 13.0. The van der Waals surface area contributed by atoms with Crippen molar-refractivity contribution >= 4 is 5.97 Å². The van der Waals surface area contributed by atoms with Crippen LogP contribution in [0.3, 0.4) is 0 Å². The maximum atomic E-state index is 13.0. The zero-order valence-electron chi connectivity index (χ0n) is 14.9. The smallest absolute Gasteiger partial charge is 0.428 e. The summed E-state index contributed by atoms with van der Waals surface area (Å²) in [5, 5.41) is 18.4. The molecule has 0 aromatic carbocycles. The van der Waals surface area contributed by atoms with E-state index >= 15 is 0 Å². The van der Waals surface area contributed by atoms with Crippen LogP contribution in [-0.2, 0) is 14.3 Å². The zero-order chi connectivity index (χ0) is 21.4. The molecule has 0 aliphatic heterocycles. The molecule has 0 aromatic heterocycles. The fourth-order valence-electron chi connectivity index (χ4n) is 3.15. The molecule has 1 aliphatic carbocycles. The van der Waals surface area contributed by atoms with Crippen LogP contribution in [0.2, 0.25) is 0 Å². The van der Waals surface area contributed by atoms with Gasteiger partial charge < -0.3 is 19.7 Å². The van der Waals surface area contributed by atoms with E-state index in [1.807, 2.05) is 0 Å². The lowest BCUT2D eigenvalue weighted by molar-refractivity contribution is -0.400. The van der Waals surface area contributed by atoms with Crippen molar-refractivity contribution in [2.24, 2.45) is 5.92 Å². The summed E-state index contributed by atoms with van der Waals surface area (Å²) in [5.74, 6) is -2.71. The standard InChI is InChI=1S/C16H22F6O5/c1-5-13(6-2,10-7-11(10)26-12(24)8(3)23)27-9(4)14(25,15(17,18)19)16(20,21)22/h9-11,23,25H,3,5-7H2,1-2,4H3. The van der Waals surface area contributed by atoms with Gasteiger partial charge in [0.2, 0.25) is 0 Å². The van der Waals surface area contributed by atoms with Crippen molar-refractivity contribution < 1.29 is 50.8 Å². The van der Waals surface area contributed by atoms with Crippen molar-refractivity contribution in [3.63, 3.8) is 0 Å². The molecule has 0 amide bonds. The average Bonchev–Trinajstić information content (AvgIpc) is 3.28. The highest BCUT2D eigenvalue weighted by Gasteiger charge is 2.74. The van der Waals surface area contributed by atoms with Crippen LogP contribution in [0.4, 0.5) is 26.3 Å². The van der Waals surface area contributed by atoms with Crippen molar-refractivity contribution in [2.45, 2.75) is 75.8 Å². The Balaban J connectivity index is 3.09. The first-order chi connectivity index (χ1) is 12.1. The number of carbonyl (C=O) groups excluding carboxylic acids is 1. The van der Waals surface area contributed by atoms with Crippen LogP contribution in [0.15, 0.2) is 12.3 Å². The number of carbonyl (C=O) groups is 1. The Hall–Kier alpha value is -1.49. The number of hydrogen-bond acceptors (Lipinski definition) is 5. The average molecular weight is 408 g/mol. The van der Waals surface area contributed by atoms with E-state index in [-0.39, 0.29) is 19.3 Å². The van der Waals surface area contributed by atoms with Gasteiger partial charge in [-0.05, 0) is 32.8 Å². The molecule has 11 heteroatoms. The van der Waals surface area contributed by atoms with Crippen molar-refractivity contribution in [2.75, 3.05) is 0 Å². The van der Waals surface area contributed by atoms with E-state index in [1.165, 1.54) is 13.8 Å². The number of esters is 1. The molecular formula is C16H22F6O5. The molecule has 3 atom stereocenters. The monoisotopic (exact) mass is 408 g/mol. The van der Waals surface area contributed by atoms with E-state index in [4.69, 9.17) is 14.6 Å². The Morgan fingerprint density at radius 1 is 1.15 bits per heavy atom. The fourth-order valence-corrected chi connectivity index (χ4v) is 3.15. The fraction of sp³-hybridized carbons (Fsp3) is 0.812. The lowest BCUT2D eigenvalue weighted by Gasteiger charge is -2.42. The number of aliphatic hydroxyl groups excluding tert-OH is 1. The summed E-state index contributed by atoms with van der Waals surface area (Å²) in [6.45, 7) is 6.46. The van der Waals surface area contributed by atoms with Crippen LogP contribution in [0.25, 0.3) is 0 Å². The molecule has 1 saturated carbocycles. The second kappa shape index (κ2) is 7.50. The van der Waals surface area contributed by atoms with Crippen molar-refractivity contribution in [1.82, 2.24) is 0 Å². The summed E-state index contributed by atoms with van der Waals surface area (Å²) in [5.41, 5.74) is -6.55. The highest BCUT2D eigenvalue weighted by Crippen LogP contribution is 2.52. The highest BCUT2D eigenvalue weighted by molar-refractivity contribution is 5.85. The molecule has 2 N–H and O–H groups in total. The molecule has 0 heterocycles. The zero-order valence-corrected chi connectivity index (χ0v) is 14.9. The molecule has 0 spiro atoms. The molecule has 0 radical (unpaired) electrons. The van der Waals surface area contributed by atoms with Crippen LogP contribution < -0.4 is 0 Å². The van der Waals surface area contributed by atoms with Gasteiger partial charge in [-0.1, -0.05) is 13.8 Å². The third kappa shape index (κ3) is 4.34. The van der Waals surface area contributed by atoms with Crippen LogP contribution in [0.1, 0.15) is 40.0 Å². The summed E-state index contributed by atoms with van der Waals surface area (Å²) in [4.78, 5) is 11.3. The molecule has 3 unspecified atom stereocenters. The van der Waals surface area contributed by atoms with Crippen molar-refractivity contribution in [1.29, 1.82) is 0 Å². The number of alkyl halides is 6. The van der Waals surface area contributed by atoms with Gasteiger partial charge in [0.1, 0.15) is 12.2 Å². The molecule has 158 valence electrons. The van der Waals surface area contributed by atoms with Gasteiger partial charge in [-0.25, -0.2) is 4.79 Å². The molecular weight excluding hydrogens is 386 g/mol. The van der Waals surface area contributed by atoms with Crippen LogP contribution in [-0.4, -0.2) is 51.9 Å². The number of halogens is 6. The van der Waals surface area contributed by atoms with Crippen LogP contribution >= 0.6 is 0 Å². The van der Waals surface area contributed by atoms with E-state index < -0.39 is 53.4 Å². The number of aliphatic hydroxyl groups is 2. The molecule has 0 bridgehead atoms. The van der Waals surface area contributed by atoms with E-state index in [0.717, 1.165) is 0 Å². The van der Waals surface area contributed by atoms with Gasteiger partial charge >= 0.3 is 18.3 Å². The minimum atomic E-state index is -6.01. The predicted molar refractivity (Wildman–Crippen MR) is 80.7 cm³/mol. The first-order valence-corrected chi connectivity index (χ1v) is 8.19. The minimum absolute atomic E-state index is 0.0123. The van der Waals surface area contributed by atoms with Crippen LogP contribution in [0, 0.1) is 5.92 Å². The van der Waals surface area contributed by atoms with E-state index in [2.05, 4.69) is 6.58 Å². The maximum Gasteiger partial charge on any atom is 0.428 e. The number of ether oxygens (including phenoxy) is 2. The predicted octanol–water partition coefficient (Wildman–Crippen LogP) is 3.81. The van der Waals surface area contributed by atoms with Crippen LogP contribution in [0.5, 0.6) is 0 Å². The topological polar surface area (TPSA) is 76.0 Å². The Kier molecular flexibility index (Phi) is 6.54. The Morgan fingerprint density at radius 2 is 1.59 bits per heavy atom. The van der Waals surface area contributed by atoms with Gasteiger partial charge in [-0.3, -0.25) is 0 Å². The van der Waals surface area contributed by atoms with E-state index in [0.29, 0.717) is 6.92 Å². The first kappa shape index (κ1) is 23.5. The largest absolute Gasteiger partial charge is 0.502 e. The quantitative estimate of drug-likeness (QED) is 0.277. The number of rotatable bonds is 8. The Morgan fingerprint density at radius 3 is 1.93 bits per heavy atom. The van der Waals surface area contributed by atoms with Gasteiger partial charge in [0.25, 0.3) is 5.60 Å². The molecule has 27 heavy (non-hydrogen) atoms. The molecule has 0 saturated heterocycles. The molecule has 1 aliphatic rings. The third-order valence-corrected chi connectivity index (χ3v) is 4.96. The second-order valence-electron chi connectivity index (χ2n) is 6.53. The lowest BCUT2D eigenvalue weighted by atomic mass is 9.88. The third-order valence-electron chi connectivity index (χ3n) is 4.96. The molecule has 1 rings (SSSR count). The Labute approximate surface area is 151 Å². The minimum Gasteiger partial charge on any atom is -0.502 e. The Bertz CT molecular complexity index is 553. The summed E-state index contributed by atoms with van der Waals surface area (Å²) in [6.07, 6.45) is -15.4. The van der Waals surface area contributed by atoms with Gasteiger partial charge in [-0.15, -0.1) is 0 Å². The SMILES string of the molecule is C=C(O)C(=O)OC1CC1C(CC)(CC)OC(C)C(O)(C(F)(F)F)C(F)(F)F.